The average Bonchev–Trinajstić information content (AvgIpc) is 2.30. The van der Waals surface area contributed by atoms with Crippen LogP contribution >= 0.6 is 0 Å². The molecule has 0 N–H and O–H groups in total. The van der Waals surface area contributed by atoms with E-state index in [0.29, 0.717) is 12.7 Å². The summed E-state index contributed by atoms with van der Waals surface area (Å²) in [5.41, 5.74) is 1.11. The van der Waals surface area contributed by atoms with E-state index in [-0.39, 0.29) is 12.4 Å². The van der Waals surface area contributed by atoms with Crippen LogP contribution in [0.25, 0.3) is 0 Å². The molecule has 0 aliphatic rings. The lowest BCUT2D eigenvalue weighted by Gasteiger charge is -2.38. The molecule has 0 fully saturated rings. The Morgan fingerprint density at radius 2 is 1.59 bits per heavy atom. The first-order chi connectivity index (χ1) is 7.53. The van der Waals surface area contributed by atoms with Gasteiger partial charge >= 0.3 is 0 Å². The van der Waals surface area contributed by atoms with Crippen LogP contribution < -0.4 is 12.4 Å². The zero-order valence-corrected chi connectivity index (χ0v) is 13.0. The number of likely N-dealkylation sites (N-methyl/N-ethyl adjacent to an activating group) is 1. The molecule has 0 aromatic rings. The Morgan fingerprint density at radius 1 is 1.12 bits per heavy atom. The smallest absolute Gasteiger partial charge is 0.107 e. The highest BCUT2D eigenvalue weighted by Crippen LogP contribution is 2.12. The highest BCUT2D eigenvalue weighted by atomic mass is 35.5. The molecule has 0 rings (SSSR count). The lowest BCUT2D eigenvalue weighted by molar-refractivity contribution is -0.926. The minimum atomic E-state index is 0. The normalized spacial score (nSPS) is 13.0. The van der Waals surface area contributed by atoms with E-state index < -0.39 is 0 Å². The molecule has 3 heteroatoms. The average molecular weight is 264 g/mol. The van der Waals surface area contributed by atoms with E-state index in [2.05, 4.69) is 34.3 Å². The summed E-state index contributed by atoms with van der Waals surface area (Å²) in [6, 6.07) is 0. The molecule has 0 aliphatic heterocycles. The van der Waals surface area contributed by atoms with Gasteiger partial charge in [-0.25, -0.2) is 0 Å². The van der Waals surface area contributed by atoms with Crippen LogP contribution in [0.2, 0.25) is 0 Å². The second-order valence-corrected chi connectivity index (χ2v) is 4.77. The first kappa shape index (κ1) is 19.3. The van der Waals surface area contributed by atoms with E-state index in [1.54, 1.807) is 0 Å². The van der Waals surface area contributed by atoms with E-state index in [4.69, 9.17) is 4.74 Å². The van der Waals surface area contributed by atoms with Crippen LogP contribution in [0, 0.1) is 0 Å². The Labute approximate surface area is 114 Å². The molecule has 2 nitrogen and oxygen atoms in total. The van der Waals surface area contributed by atoms with Gasteiger partial charge in [-0.2, -0.15) is 0 Å². The topological polar surface area (TPSA) is 9.23 Å². The SMILES string of the molecule is C=C(C)COC(CC)C[N+](CC)(CC)CC.[Cl-]. The quantitative estimate of drug-likeness (QED) is 0.428. The molecule has 17 heavy (non-hydrogen) atoms. The first-order valence-electron chi connectivity index (χ1n) is 6.64. The molecule has 0 aliphatic carbocycles. The Hall–Kier alpha value is -0.0500. The second kappa shape index (κ2) is 9.93. The van der Waals surface area contributed by atoms with Gasteiger partial charge in [0.1, 0.15) is 12.6 Å². The predicted molar refractivity (Wildman–Crippen MR) is 71.6 cm³/mol. The zero-order valence-electron chi connectivity index (χ0n) is 12.3. The summed E-state index contributed by atoms with van der Waals surface area (Å²) >= 11 is 0. The number of ether oxygens (including phenoxy) is 1. The molecule has 0 heterocycles. The third-order valence-electron chi connectivity index (χ3n) is 3.62. The van der Waals surface area contributed by atoms with Crippen LogP contribution in [0.4, 0.5) is 0 Å². The minimum absolute atomic E-state index is 0. The van der Waals surface area contributed by atoms with E-state index in [9.17, 15) is 0 Å². The highest BCUT2D eigenvalue weighted by Gasteiger charge is 2.25. The molecule has 0 bridgehead atoms. The fourth-order valence-electron chi connectivity index (χ4n) is 2.05. The number of rotatable bonds is 9. The number of nitrogens with zero attached hydrogens (tertiary/aromatic N) is 1. The van der Waals surface area contributed by atoms with Crippen molar-refractivity contribution < 1.29 is 21.6 Å². The maximum atomic E-state index is 5.90. The third-order valence-corrected chi connectivity index (χ3v) is 3.62. The van der Waals surface area contributed by atoms with Crippen LogP contribution in [0.1, 0.15) is 41.0 Å². The van der Waals surface area contributed by atoms with Crippen LogP contribution in [0.5, 0.6) is 0 Å². The number of quaternary nitrogens is 1. The van der Waals surface area contributed by atoms with Crippen molar-refractivity contribution in [1.29, 1.82) is 0 Å². The van der Waals surface area contributed by atoms with E-state index in [0.717, 1.165) is 23.0 Å². The van der Waals surface area contributed by atoms with Gasteiger partial charge in [-0.05, 0) is 34.1 Å². The molecule has 0 amide bonds. The van der Waals surface area contributed by atoms with Crippen molar-refractivity contribution in [3.05, 3.63) is 12.2 Å². The molecule has 104 valence electrons. The summed E-state index contributed by atoms with van der Waals surface area (Å²) in [4.78, 5) is 0. The molecule has 0 spiro atoms. The molecule has 0 radical (unpaired) electrons. The van der Waals surface area contributed by atoms with Crippen molar-refractivity contribution in [3.63, 3.8) is 0 Å². The van der Waals surface area contributed by atoms with Crippen LogP contribution in [0.15, 0.2) is 12.2 Å². The summed E-state index contributed by atoms with van der Waals surface area (Å²) in [6.07, 6.45) is 1.46. The van der Waals surface area contributed by atoms with Crippen molar-refractivity contribution in [2.45, 2.75) is 47.1 Å². The Kier molecular flexibility index (Phi) is 11.3. The molecule has 0 saturated heterocycles. The van der Waals surface area contributed by atoms with Gasteiger partial charge in [0.2, 0.25) is 0 Å². The fourth-order valence-corrected chi connectivity index (χ4v) is 2.05. The predicted octanol–water partition coefficient (Wildman–Crippen LogP) is 0.238. The summed E-state index contributed by atoms with van der Waals surface area (Å²) in [7, 11) is 0. The summed E-state index contributed by atoms with van der Waals surface area (Å²) < 4.78 is 7.06. The number of hydrogen-bond acceptors (Lipinski definition) is 1. The maximum absolute atomic E-state index is 5.90. The zero-order chi connectivity index (χ0) is 12.6. The van der Waals surface area contributed by atoms with Gasteiger partial charge in [-0.15, -0.1) is 0 Å². The van der Waals surface area contributed by atoms with E-state index in [1.165, 1.54) is 19.6 Å². The van der Waals surface area contributed by atoms with Gasteiger partial charge in [0, 0.05) is 0 Å². The highest BCUT2D eigenvalue weighted by molar-refractivity contribution is 4.87. The van der Waals surface area contributed by atoms with Gasteiger partial charge in [0.15, 0.2) is 0 Å². The molecular formula is C14H30ClNO. The molecule has 0 aromatic heterocycles. The molecule has 1 atom stereocenters. The number of hydrogen-bond donors (Lipinski definition) is 0. The van der Waals surface area contributed by atoms with Gasteiger partial charge < -0.3 is 21.6 Å². The lowest BCUT2D eigenvalue weighted by atomic mass is 10.2. The van der Waals surface area contributed by atoms with E-state index in [1.807, 2.05) is 6.92 Å². The molecule has 0 aromatic carbocycles. The summed E-state index contributed by atoms with van der Waals surface area (Å²) in [5, 5.41) is 0. The van der Waals surface area contributed by atoms with Crippen LogP contribution in [0.3, 0.4) is 0 Å². The van der Waals surface area contributed by atoms with Crippen LogP contribution in [-0.4, -0.2) is 43.4 Å². The van der Waals surface area contributed by atoms with E-state index >= 15 is 0 Å². The minimum Gasteiger partial charge on any atom is -1.00 e. The first-order valence-corrected chi connectivity index (χ1v) is 6.64. The largest absolute Gasteiger partial charge is 1.00 e. The van der Waals surface area contributed by atoms with Crippen molar-refractivity contribution in [3.8, 4) is 0 Å². The summed E-state index contributed by atoms with van der Waals surface area (Å²) in [6.45, 7) is 20.4. The summed E-state index contributed by atoms with van der Waals surface area (Å²) in [5.74, 6) is 0. The van der Waals surface area contributed by atoms with Crippen molar-refractivity contribution >= 4 is 0 Å². The Bertz CT molecular complexity index is 194. The molecule has 1 unspecified atom stereocenters. The van der Waals surface area contributed by atoms with Gasteiger partial charge in [0.05, 0.1) is 26.2 Å². The van der Waals surface area contributed by atoms with Crippen molar-refractivity contribution in [1.82, 2.24) is 0 Å². The van der Waals surface area contributed by atoms with Crippen LogP contribution in [-0.2, 0) is 4.74 Å². The maximum Gasteiger partial charge on any atom is 0.107 e. The fraction of sp³-hybridized carbons (Fsp3) is 0.857. The standard InChI is InChI=1S/C14H30NO.ClH/c1-7-14(16-12-13(5)6)11-15(8-2,9-3)10-4;/h14H,5,7-12H2,1-4,6H3;1H/q+1;/p-1. The second-order valence-electron chi connectivity index (χ2n) is 4.77. The lowest BCUT2D eigenvalue weighted by Crippen LogP contribution is -3.00. The van der Waals surface area contributed by atoms with Gasteiger partial charge in [-0.1, -0.05) is 19.1 Å². The molecular weight excluding hydrogens is 234 g/mol. The third kappa shape index (κ3) is 7.07. The van der Waals surface area contributed by atoms with Gasteiger partial charge in [-0.3, -0.25) is 0 Å². The van der Waals surface area contributed by atoms with Gasteiger partial charge in [0.25, 0.3) is 0 Å². The van der Waals surface area contributed by atoms with Crippen molar-refractivity contribution in [2.75, 3.05) is 32.8 Å². The Morgan fingerprint density at radius 3 is 1.88 bits per heavy atom. The van der Waals surface area contributed by atoms with Crippen molar-refractivity contribution in [2.24, 2.45) is 0 Å². The number of halogens is 1. The monoisotopic (exact) mass is 263 g/mol. The molecule has 0 saturated carbocycles. The Balaban J connectivity index is 0.